The molecule has 0 bridgehead atoms. The molecule has 3 rings (SSSR count). The second-order valence-electron chi connectivity index (χ2n) is 5.31. The van der Waals surface area contributed by atoms with E-state index >= 15 is 0 Å². The van der Waals surface area contributed by atoms with Gasteiger partial charge in [-0.25, -0.2) is 4.98 Å². The minimum atomic E-state index is -4.32. The lowest BCUT2D eigenvalue weighted by Crippen LogP contribution is -2.36. The quantitative estimate of drug-likeness (QED) is 0.870. The standard InChI is InChI=1S/C15H14F3N3O2/c16-15(17,18)5-3-13(22)21-7-4-12-11(9-21)20-14(23-12)10-2-1-6-19-8-10/h1-2,6,8H,3-5,7,9H2. The predicted octanol–water partition coefficient (Wildman–Crippen LogP) is 2.96. The number of nitrogens with zero attached hydrogens (tertiary/aromatic N) is 3. The molecule has 1 aliphatic rings. The van der Waals surface area contributed by atoms with Crippen LogP contribution >= 0.6 is 0 Å². The van der Waals surface area contributed by atoms with Crippen LogP contribution in [0, 0.1) is 0 Å². The molecule has 8 heteroatoms. The van der Waals surface area contributed by atoms with E-state index in [2.05, 4.69) is 9.97 Å². The van der Waals surface area contributed by atoms with Crippen molar-refractivity contribution in [3.8, 4) is 11.5 Å². The fraction of sp³-hybridized carbons (Fsp3) is 0.400. The highest BCUT2D eigenvalue weighted by Crippen LogP contribution is 2.27. The molecular formula is C15H14F3N3O2. The highest BCUT2D eigenvalue weighted by atomic mass is 19.4. The third-order valence-electron chi connectivity index (χ3n) is 3.61. The van der Waals surface area contributed by atoms with Gasteiger partial charge in [-0.2, -0.15) is 13.2 Å². The summed E-state index contributed by atoms with van der Waals surface area (Å²) in [6.45, 7) is 0.515. The van der Waals surface area contributed by atoms with Gasteiger partial charge in [-0.15, -0.1) is 0 Å². The summed E-state index contributed by atoms with van der Waals surface area (Å²) < 4.78 is 42.3. The topological polar surface area (TPSA) is 59.2 Å². The molecule has 0 N–H and O–H groups in total. The lowest BCUT2D eigenvalue weighted by Gasteiger charge is -2.25. The summed E-state index contributed by atoms with van der Waals surface area (Å²) in [5, 5.41) is 0. The number of oxazole rings is 1. The molecule has 3 heterocycles. The molecule has 0 radical (unpaired) electrons. The van der Waals surface area contributed by atoms with Gasteiger partial charge < -0.3 is 9.32 Å². The van der Waals surface area contributed by atoms with Gasteiger partial charge >= 0.3 is 6.18 Å². The summed E-state index contributed by atoms with van der Waals surface area (Å²) in [5.41, 5.74) is 1.31. The zero-order chi connectivity index (χ0) is 16.4. The lowest BCUT2D eigenvalue weighted by atomic mass is 10.1. The summed E-state index contributed by atoms with van der Waals surface area (Å²) in [4.78, 5) is 21.6. The number of amides is 1. The van der Waals surface area contributed by atoms with Crippen molar-refractivity contribution in [2.24, 2.45) is 0 Å². The van der Waals surface area contributed by atoms with E-state index in [0.29, 0.717) is 30.3 Å². The number of fused-ring (bicyclic) bond motifs is 1. The number of carbonyl (C=O) groups excluding carboxylic acids is 1. The van der Waals surface area contributed by atoms with Gasteiger partial charge in [0.15, 0.2) is 0 Å². The number of aromatic nitrogens is 2. The lowest BCUT2D eigenvalue weighted by molar-refractivity contribution is -0.149. The average Bonchev–Trinajstić information content (AvgIpc) is 2.96. The maximum absolute atomic E-state index is 12.2. The molecule has 5 nitrogen and oxygen atoms in total. The van der Waals surface area contributed by atoms with Gasteiger partial charge in [-0.1, -0.05) is 0 Å². The molecular weight excluding hydrogens is 311 g/mol. The summed E-state index contributed by atoms with van der Waals surface area (Å²) in [6, 6.07) is 3.56. The van der Waals surface area contributed by atoms with Crippen molar-refractivity contribution >= 4 is 5.91 Å². The minimum Gasteiger partial charge on any atom is -0.441 e. The average molecular weight is 325 g/mol. The van der Waals surface area contributed by atoms with Crippen molar-refractivity contribution in [2.75, 3.05) is 6.54 Å². The number of hydrogen-bond acceptors (Lipinski definition) is 4. The second kappa shape index (κ2) is 6.02. The number of halogens is 3. The Bertz CT molecular complexity index is 698. The Morgan fingerprint density at radius 3 is 2.91 bits per heavy atom. The van der Waals surface area contributed by atoms with E-state index in [1.807, 2.05) is 0 Å². The van der Waals surface area contributed by atoms with Gasteiger partial charge in [0.05, 0.1) is 18.5 Å². The molecule has 0 aromatic carbocycles. The van der Waals surface area contributed by atoms with Gasteiger partial charge in [0.1, 0.15) is 11.5 Å². The van der Waals surface area contributed by atoms with Crippen LogP contribution in [0.25, 0.3) is 11.5 Å². The first-order chi connectivity index (χ1) is 10.9. The summed E-state index contributed by atoms with van der Waals surface area (Å²) in [5.74, 6) is 0.565. The second-order valence-corrected chi connectivity index (χ2v) is 5.31. The third-order valence-corrected chi connectivity index (χ3v) is 3.61. The smallest absolute Gasteiger partial charge is 0.389 e. The van der Waals surface area contributed by atoms with Gasteiger partial charge in [-0.3, -0.25) is 9.78 Å². The van der Waals surface area contributed by atoms with Gasteiger partial charge in [0.2, 0.25) is 11.8 Å². The molecule has 0 spiro atoms. The molecule has 0 saturated carbocycles. The fourth-order valence-corrected chi connectivity index (χ4v) is 2.43. The molecule has 0 unspecified atom stereocenters. The predicted molar refractivity (Wildman–Crippen MR) is 74.1 cm³/mol. The van der Waals surface area contributed by atoms with Crippen molar-refractivity contribution in [3.63, 3.8) is 0 Å². The highest BCUT2D eigenvalue weighted by molar-refractivity contribution is 5.76. The van der Waals surface area contributed by atoms with Crippen molar-refractivity contribution in [1.82, 2.24) is 14.9 Å². The maximum atomic E-state index is 12.2. The highest BCUT2D eigenvalue weighted by Gasteiger charge is 2.31. The number of pyridine rings is 1. The molecule has 0 fully saturated rings. The van der Waals surface area contributed by atoms with Crippen molar-refractivity contribution in [1.29, 1.82) is 0 Å². The molecule has 2 aromatic rings. The Morgan fingerprint density at radius 2 is 2.22 bits per heavy atom. The summed E-state index contributed by atoms with van der Waals surface area (Å²) >= 11 is 0. The molecule has 122 valence electrons. The zero-order valence-corrected chi connectivity index (χ0v) is 12.1. The molecule has 0 saturated heterocycles. The first-order valence-corrected chi connectivity index (χ1v) is 7.16. The van der Waals surface area contributed by atoms with Crippen LogP contribution in [0.2, 0.25) is 0 Å². The van der Waals surface area contributed by atoms with E-state index in [9.17, 15) is 18.0 Å². The van der Waals surface area contributed by atoms with Gasteiger partial charge in [-0.05, 0) is 12.1 Å². The Hall–Kier alpha value is -2.38. The van der Waals surface area contributed by atoms with E-state index in [-0.39, 0.29) is 6.54 Å². The largest absolute Gasteiger partial charge is 0.441 e. The van der Waals surface area contributed by atoms with E-state index in [1.54, 1.807) is 24.5 Å². The van der Waals surface area contributed by atoms with E-state index in [0.717, 1.165) is 5.56 Å². The van der Waals surface area contributed by atoms with Gasteiger partial charge in [0, 0.05) is 31.8 Å². The molecule has 1 amide bonds. The van der Waals surface area contributed by atoms with Gasteiger partial charge in [0.25, 0.3) is 0 Å². The Morgan fingerprint density at radius 1 is 1.39 bits per heavy atom. The van der Waals surface area contributed by atoms with Crippen LogP contribution in [0.1, 0.15) is 24.3 Å². The molecule has 23 heavy (non-hydrogen) atoms. The van der Waals surface area contributed by atoms with Crippen LogP contribution in [0.15, 0.2) is 28.9 Å². The van der Waals surface area contributed by atoms with Crippen LogP contribution in [0.3, 0.4) is 0 Å². The first-order valence-electron chi connectivity index (χ1n) is 7.16. The molecule has 1 aliphatic heterocycles. The number of carbonyl (C=O) groups is 1. The number of alkyl halides is 3. The monoisotopic (exact) mass is 325 g/mol. The number of rotatable bonds is 3. The third kappa shape index (κ3) is 3.69. The summed E-state index contributed by atoms with van der Waals surface area (Å²) in [7, 11) is 0. The molecule has 0 aliphatic carbocycles. The maximum Gasteiger partial charge on any atom is 0.389 e. The van der Waals surface area contributed by atoms with Crippen LogP contribution in [0.5, 0.6) is 0 Å². The minimum absolute atomic E-state index is 0.176. The van der Waals surface area contributed by atoms with Crippen LogP contribution in [-0.2, 0) is 17.8 Å². The van der Waals surface area contributed by atoms with Crippen LogP contribution in [-0.4, -0.2) is 33.5 Å². The molecule has 2 aromatic heterocycles. The normalized spacial score (nSPS) is 14.7. The first kappa shape index (κ1) is 15.5. The SMILES string of the molecule is O=C(CCC(F)(F)F)N1CCc2oc(-c3cccnc3)nc2C1. The van der Waals surface area contributed by atoms with E-state index in [4.69, 9.17) is 4.42 Å². The fourth-order valence-electron chi connectivity index (χ4n) is 2.43. The Labute approximate surface area is 130 Å². The van der Waals surface area contributed by atoms with Crippen molar-refractivity contribution < 1.29 is 22.4 Å². The van der Waals surface area contributed by atoms with Crippen LogP contribution in [0.4, 0.5) is 13.2 Å². The van der Waals surface area contributed by atoms with Crippen molar-refractivity contribution in [2.45, 2.75) is 32.0 Å². The van der Waals surface area contributed by atoms with Crippen molar-refractivity contribution in [3.05, 3.63) is 36.0 Å². The van der Waals surface area contributed by atoms with E-state index in [1.165, 1.54) is 4.90 Å². The van der Waals surface area contributed by atoms with Crippen LogP contribution < -0.4 is 0 Å². The summed E-state index contributed by atoms with van der Waals surface area (Å²) in [6.07, 6.45) is -2.27. The molecule has 0 atom stereocenters. The van der Waals surface area contributed by atoms with E-state index < -0.39 is 24.9 Å². The zero-order valence-electron chi connectivity index (χ0n) is 12.1. The Kier molecular flexibility index (Phi) is 4.06. The number of hydrogen-bond donors (Lipinski definition) is 0. The Balaban J connectivity index is 1.69.